The van der Waals surface area contributed by atoms with E-state index in [0.717, 1.165) is 11.3 Å². The molecule has 0 spiro atoms. The van der Waals surface area contributed by atoms with E-state index in [4.69, 9.17) is 9.47 Å². The lowest BCUT2D eigenvalue weighted by Crippen LogP contribution is -2.15. The molecule has 4 rings (SSSR count). The molecule has 0 aliphatic heterocycles. The monoisotopic (exact) mass is 451 g/mol. The van der Waals surface area contributed by atoms with Gasteiger partial charge in [0, 0.05) is 17.3 Å². The van der Waals surface area contributed by atoms with E-state index in [-0.39, 0.29) is 17.2 Å². The zero-order chi connectivity index (χ0) is 22.5. The van der Waals surface area contributed by atoms with Gasteiger partial charge in [0.2, 0.25) is 5.91 Å². The Morgan fingerprint density at radius 2 is 1.81 bits per heavy atom. The average Bonchev–Trinajstić information content (AvgIpc) is 3.19. The smallest absolute Gasteiger partial charge is 0.266 e. The van der Waals surface area contributed by atoms with Crippen LogP contribution in [-0.2, 0) is 4.79 Å². The van der Waals surface area contributed by atoms with Gasteiger partial charge in [-0.25, -0.2) is 14.5 Å². The lowest BCUT2D eigenvalue weighted by molar-refractivity contribution is -0.113. The Hall–Kier alpha value is -3.79. The Labute approximate surface area is 187 Å². The highest BCUT2D eigenvalue weighted by molar-refractivity contribution is 7.99. The number of anilines is 1. The van der Waals surface area contributed by atoms with E-state index in [1.807, 2.05) is 31.2 Å². The van der Waals surface area contributed by atoms with E-state index < -0.39 is 0 Å². The highest BCUT2D eigenvalue weighted by atomic mass is 32.2. The number of amides is 1. The fraction of sp³-hybridized carbons (Fsp3) is 0.182. The van der Waals surface area contributed by atoms with E-state index in [1.54, 1.807) is 31.4 Å². The van der Waals surface area contributed by atoms with Crippen LogP contribution in [0.25, 0.3) is 17.0 Å². The number of carbonyl (C=O) groups is 1. The second kappa shape index (κ2) is 9.56. The Morgan fingerprint density at radius 1 is 1.09 bits per heavy atom. The van der Waals surface area contributed by atoms with Gasteiger partial charge in [-0.1, -0.05) is 11.8 Å². The van der Waals surface area contributed by atoms with Crippen molar-refractivity contribution >= 4 is 29.0 Å². The maximum Gasteiger partial charge on any atom is 0.266 e. The molecule has 0 saturated carbocycles. The van der Waals surface area contributed by atoms with Crippen molar-refractivity contribution in [1.29, 1.82) is 0 Å². The quantitative estimate of drug-likeness (QED) is 0.396. The highest BCUT2D eigenvalue weighted by Gasteiger charge is 2.13. The summed E-state index contributed by atoms with van der Waals surface area (Å²) in [4.78, 5) is 33.3. The summed E-state index contributed by atoms with van der Waals surface area (Å²) in [6, 6.07) is 15.8. The summed E-state index contributed by atoms with van der Waals surface area (Å²) >= 11 is 1.20. The van der Waals surface area contributed by atoms with E-state index in [0.29, 0.717) is 34.7 Å². The molecular weight excluding hydrogens is 430 g/mol. The largest absolute Gasteiger partial charge is 0.497 e. The summed E-state index contributed by atoms with van der Waals surface area (Å²) in [7, 11) is 1.58. The lowest BCUT2D eigenvalue weighted by atomic mass is 10.2. The van der Waals surface area contributed by atoms with Crippen molar-refractivity contribution in [2.24, 2.45) is 0 Å². The molecule has 9 nitrogen and oxygen atoms in total. The van der Waals surface area contributed by atoms with Crippen LogP contribution in [0, 0.1) is 0 Å². The van der Waals surface area contributed by atoms with Crippen molar-refractivity contribution < 1.29 is 14.3 Å². The van der Waals surface area contributed by atoms with Crippen LogP contribution >= 0.6 is 11.8 Å². The maximum absolute atomic E-state index is 12.4. The predicted octanol–water partition coefficient (Wildman–Crippen LogP) is 3.22. The number of nitrogens with one attached hydrogen (secondary N) is 2. The van der Waals surface area contributed by atoms with Gasteiger partial charge >= 0.3 is 0 Å². The van der Waals surface area contributed by atoms with Crippen molar-refractivity contribution in [3.63, 3.8) is 0 Å². The number of carbonyl (C=O) groups excluding carboxylic acids is 1. The summed E-state index contributed by atoms with van der Waals surface area (Å²) in [5, 5.41) is 5.94. The SMILES string of the molecule is CCOc1ccc(-c2nc(SCC(=O)Nc3ccc(OC)cc3)n3[nH]c(=O)cc3n2)cc1. The predicted molar refractivity (Wildman–Crippen MR) is 123 cm³/mol. The van der Waals surface area contributed by atoms with Crippen LogP contribution in [0.15, 0.2) is 64.5 Å². The van der Waals surface area contributed by atoms with Crippen molar-refractivity contribution in [2.45, 2.75) is 12.1 Å². The molecular formula is C22H21N5O4S. The minimum atomic E-state index is -0.298. The minimum absolute atomic E-state index is 0.0983. The topological polar surface area (TPSA) is 111 Å². The Morgan fingerprint density at radius 3 is 2.50 bits per heavy atom. The third-order valence-electron chi connectivity index (χ3n) is 4.45. The molecule has 2 aromatic heterocycles. The minimum Gasteiger partial charge on any atom is -0.497 e. The molecule has 0 unspecified atom stereocenters. The number of aromatic amines is 1. The number of hydrogen-bond acceptors (Lipinski definition) is 7. The van der Waals surface area contributed by atoms with Crippen LogP contribution in [0.1, 0.15) is 6.92 Å². The summed E-state index contributed by atoms with van der Waals surface area (Å²) < 4.78 is 12.1. The van der Waals surface area contributed by atoms with Gasteiger partial charge in [-0.15, -0.1) is 0 Å². The second-order valence-corrected chi connectivity index (χ2v) is 7.61. The summed E-state index contributed by atoms with van der Waals surface area (Å²) in [5.41, 5.74) is 1.56. The number of H-pyrrole nitrogens is 1. The standard InChI is InChI=1S/C22H21N5O4S/c1-3-31-17-8-4-14(5-9-17)21-24-18-12-19(28)26-27(18)22(25-21)32-13-20(29)23-15-6-10-16(30-2)11-7-15/h4-12H,3,13H2,1-2H3,(H,23,29)(H,26,28). The molecule has 0 atom stereocenters. The Balaban J connectivity index is 1.54. The molecule has 0 aliphatic carbocycles. The van der Waals surface area contributed by atoms with Crippen LogP contribution in [0.3, 0.4) is 0 Å². The molecule has 32 heavy (non-hydrogen) atoms. The number of benzene rings is 2. The maximum atomic E-state index is 12.4. The molecule has 2 heterocycles. The third-order valence-corrected chi connectivity index (χ3v) is 5.39. The number of thioether (sulfide) groups is 1. The summed E-state index contributed by atoms with van der Waals surface area (Å²) in [5.74, 6) is 1.80. The van der Waals surface area contributed by atoms with Crippen LogP contribution in [0.5, 0.6) is 11.5 Å². The lowest BCUT2D eigenvalue weighted by Gasteiger charge is -2.09. The van der Waals surface area contributed by atoms with E-state index >= 15 is 0 Å². The fourth-order valence-electron chi connectivity index (χ4n) is 2.98. The van der Waals surface area contributed by atoms with Crippen molar-refractivity contribution in [2.75, 3.05) is 24.8 Å². The zero-order valence-corrected chi connectivity index (χ0v) is 18.3. The first-order valence-electron chi connectivity index (χ1n) is 9.85. The first kappa shape index (κ1) is 21.4. The molecule has 0 radical (unpaired) electrons. The number of aromatic nitrogens is 4. The fourth-order valence-corrected chi connectivity index (χ4v) is 3.73. The van der Waals surface area contributed by atoms with Crippen LogP contribution in [-0.4, -0.2) is 45.0 Å². The summed E-state index contributed by atoms with van der Waals surface area (Å²) in [6.45, 7) is 2.50. The normalized spacial score (nSPS) is 10.8. The molecule has 2 aromatic carbocycles. The Bertz CT molecular complexity index is 1280. The molecule has 164 valence electrons. The highest BCUT2D eigenvalue weighted by Crippen LogP contribution is 2.24. The number of fused-ring (bicyclic) bond motifs is 1. The number of rotatable bonds is 8. The number of methoxy groups -OCH3 is 1. The molecule has 2 N–H and O–H groups in total. The molecule has 1 amide bonds. The van der Waals surface area contributed by atoms with Gasteiger partial charge in [-0.05, 0) is 55.5 Å². The molecule has 4 aromatic rings. The van der Waals surface area contributed by atoms with E-state index in [1.165, 1.54) is 22.3 Å². The van der Waals surface area contributed by atoms with Gasteiger partial charge < -0.3 is 14.8 Å². The van der Waals surface area contributed by atoms with Gasteiger partial charge in [-0.2, -0.15) is 0 Å². The average molecular weight is 452 g/mol. The molecule has 0 fully saturated rings. The van der Waals surface area contributed by atoms with Gasteiger partial charge in [0.05, 0.1) is 19.5 Å². The second-order valence-electron chi connectivity index (χ2n) is 6.67. The Kier molecular flexibility index (Phi) is 6.41. The van der Waals surface area contributed by atoms with Gasteiger partial charge in [0.25, 0.3) is 5.56 Å². The van der Waals surface area contributed by atoms with Crippen molar-refractivity contribution in [3.8, 4) is 22.9 Å². The number of ether oxygens (including phenoxy) is 2. The zero-order valence-electron chi connectivity index (χ0n) is 17.5. The van der Waals surface area contributed by atoms with Gasteiger partial charge in [-0.3, -0.25) is 14.7 Å². The molecule has 10 heteroatoms. The summed E-state index contributed by atoms with van der Waals surface area (Å²) in [6.07, 6.45) is 0. The molecule has 0 saturated heterocycles. The number of hydrogen-bond donors (Lipinski definition) is 2. The van der Waals surface area contributed by atoms with Crippen molar-refractivity contribution in [1.82, 2.24) is 19.6 Å². The van der Waals surface area contributed by atoms with Crippen molar-refractivity contribution in [3.05, 3.63) is 65.0 Å². The van der Waals surface area contributed by atoms with Gasteiger partial charge in [0.1, 0.15) is 11.5 Å². The number of nitrogens with zero attached hydrogens (tertiary/aromatic N) is 3. The third kappa shape index (κ3) is 4.92. The van der Waals surface area contributed by atoms with Crippen LogP contribution < -0.4 is 20.3 Å². The molecule has 0 aliphatic rings. The first-order chi connectivity index (χ1) is 15.6. The first-order valence-corrected chi connectivity index (χ1v) is 10.8. The van der Waals surface area contributed by atoms with Crippen LogP contribution in [0.4, 0.5) is 5.69 Å². The molecule has 0 bridgehead atoms. The van der Waals surface area contributed by atoms with E-state index in [2.05, 4.69) is 20.4 Å². The van der Waals surface area contributed by atoms with E-state index in [9.17, 15) is 9.59 Å². The van der Waals surface area contributed by atoms with Crippen LogP contribution in [0.2, 0.25) is 0 Å². The van der Waals surface area contributed by atoms with Gasteiger partial charge in [0.15, 0.2) is 16.6 Å².